The highest BCUT2D eigenvalue weighted by Crippen LogP contribution is 2.27. The predicted octanol–water partition coefficient (Wildman–Crippen LogP) is 2.25. The lowest BCUT2D eigenvalue weighted by Gasteiger charge is -2.28. The van der Waals surface area contributed by atoms with Crippen LogP contribution in [0.15, 0.2) is 18.2 Å². The molecule has 1 amide bonds. The number of rotatable bonds is 3. The van der Waals surface area contributed by atoms with Gasteiger partial charge >= 0.3 is 0 Å². The Bertz CT molecular complexity index is 456. The van der Waals surface area contributed by atoms with E-state index in [2.05, 4.69) is 11.6 Å². The first kappa shape index (κ1) is 14.1. The lowest BCUT2D eigenvalue weighted by atomic mass is 9.94. The first-order valence-electron chi connectivity index (χ1n) is 6.59. The van der Waals surface area contributed by atoms with Crippen LogP contribution in [0.3, 0.4) is 0 Å². The van der Waals surface area contributed by atoms with E-state index in [1.165, 1.54) is 12.8 Å². The van der Waals surface area contributed by atoms with Crippen molar-refractivity contribution >= 4 is 29.0 Å². The Morgan fingerprint density at radius 3 is 2.53 bits per heavy atom. The van der Waals surface area contributed by atoms with Crippen molar-refractivity contribution < 1.29 is 4.79 Å². The largest absolute Gasteiger partial charge is 0.399 e. The van der Waals surface area contributed by atoms with Gasteiger partial charge in [0.1, 0.15) is 0 Å². The van der Waals surface area contributed by atoms with Crippen molar-refractivity contribution in [1.82, 2.24) is 5.32 Å². The minimum atomic E-state index is -0.0925. The van der Waals surface area contributed by atoms with E-state index in [-0.39, 0.29) is 11.9 Å². The molecule has 0 atom stereocenters. The molecule has 0 aliphatic heterocycles. The average molecular weight is 279 g/mol. The summed E-state index contributed by atoms with van der Waals surface area (Å²) in [6, 6.07) is 5.29. The van der Waals surface area contributed by atoms with E-state index in [9.17, 15) is 4.79 Å². The molecule has 0 unspecified atom stereocenters. The lowest BCUT2D eigenvalue weighted by molar-refractivity contribution is 0.0929. The van der Waals surface area contributed by atoms with E-state index in [1.807, 2.05) is 11.8 Å². The first-order valence-corrected chi connectivity index (χ1v) is 7.87. The van der Waals surface area contributed by atoms with Gasteiger partial charge in [-0.25, -0.2) is 0 Å². The van der Waals surface area contributed by atoms with Gasteiger partial charge in [0, 0.05) is 22.7 Å². The molecular formula is C14H21N3OS. The predicted molar refractivity (Wildman–Crippen MR) is 82.3 cm³/mol. The van der Waals surface area contributed by atoms with Crippen molar-refractivity contribution in [2.75, 3.05) is 17.7 Å². The highest BCUT2D eigenvalue weighted by atomic mass is 32.2. The van der Waals surface area contributed by atoms with E-state index in [1.54, 1.807) is 18.2 Å². The van der Waals surface area contributed by atoms with Crippen molar-refractivity contribution in [3.63, 3.8) is 0 Å². The van der Waals surface area contributed by atoms with Gasteiger partial charge in [0.2, 0.25) is 0 Å². The summed E-state index contributed by atoms with van der Waals surface area (Å²) >= 11 is 1.92. The maximum Gasteiger partial charge on any atom is 0.253 e. The maximum absolute atomic E-state index is 12.2. The molecule has 1 aromatic carbocycles. The molecule has 1 aliphatic carbocycles. The van der Waals surface area contributed by atoms with E-state index < -0.39 is 0 Å². The van der Waals surface area contributed by atoms with Crippen molar-refractivity contribution in [3.05, 3.63) is 23.8 Å². The summed E-state index contributed by atoms with van der Waals surface area (Å²) in [7, 11) is 0. The number of nitrogens with one attached hydrogen (secondary N) is 1. The Balaban J connectivity index is 1.94. The maximum atomic E-state index is 12.2. The van der Waals surface area contributed by atoms with E-state index in [4.69, 9.17) is 11.5 Å². The van der Waals surface area contributed by atoms with Crippen LogP contribution in [-0.4, -0.2) is 23.5 Å². The molecule has 4 nitrogen and oxygen atoms in total. The SMILES string of the molecule is CSC1CCC(NC(=O)c2ccc(N)cc2N)CC1. The number of hydrogen-bond acceptors (Lipinski definition) is 4. The fraction of sp³-hybridized carbons (Fsp3) is 0.500. The standard InChI is InChI=1S/C14H21N3OS/c1-19-11-5-3-10(4-6-11)17-14(18)12-7-2-9(15)8-13(12)16/h2,7-8,10-11H,3-6,15-16H2,1H3,(H,17,18). The van der Waals surface area contributed by atoms with E-state index >= 15 is 0 Å². The van der Waals surface area contributed by atoms with Crippen LogP contribution < -0.4 is 16.8 Å². The third-order valence-electron chi connectivity index (χ3n) is 3.66. The Kier molecular flexibility index (Phi) is 4.58. The summed E-state index contributed by atoms with van der Waals surface area (Å²) in [6.07, 6.45) is 6.59. The molecule has 5 N–H and O–H groups in total. The summed E-state index contributed by atoms with van der Waals surface area (Å²) in [6.45, 7) is 0. The minimum absolute atomic E-state index is 0.0925. The number of nitrogen functional groups attached to an aromatic ring is 2. The average Bonchev–Trinajstić information content (AvgIpc) is 2.39. The zero-order valence-electron chi connectivity index (χ0n) is 11.2. The van der Waals surface area contributed by atoms with Gasteiger partial charge in [-0.15, -0.1) is 0 Å². The number of anilines is 2. The fourth-order valence-corrected chi connectivity index (χ4v) is 3.24. The molecule has 0 heterocycles. The van der Waals surface area contributed by atoms with Gasteiger partial charge in [0.25, 0.3) is 5.91 Å². The quantitative estimate of drug-likeness (QED) is 0.741. The summed E-state index contributed by atoms with van der Waals surface area (Å²) in [4.78, 5) is 12.2. The van der Waals surface area contributed by atoms with Crippen LogP contribution in [-0.2, 0) is 0 Å². The van der Waals surface area contributed by atoms with Crippen LogP contribution in [0.1, 0.15) is 36.0 Å². The van der Waals surface area contributed by atoms with E-state index in [0.29, 0.717) is 16.9 Å². The Labute approximate surface area is 118 Å². The Morgan fingerprint density at radius 2 is 1.95 bits per heavy atom. The van der Waals surface area contributed by atoms with Crippen molar-refractivity contribution in [3.8, 4) is 0 Å². The molecule has 1 aromatic rings. The van der Waals surface area contributed by atoms with Crippen LogP contribution >= 0.6 is 11.8 Å². The van der Waals surface area contributed by atoms with Crippen molar-refractivity contribution in [2.24, 2.45) is 0 Å². The van der Waals surface area contributed by atoms with Crippen LogP contribution in [0.5, 0.6) is 0 Å². The number of amides is 1. The first-order chi connectivity index (χ1) is 9.10. The molecule has 19 heavy (non-hydrogen) atoms. The zero-order chi connectivity index (χ0) is 13.8. The third-order valence-corrected chi connectivity index (χ3v) is 4.80. The summed E-state index contributed by atoms with van der Waals surface area (Å²) in [5, 5.41) is 3.82. The van der Waals surface area contributed by atoms with Gasteiger partial charge in [-0.3, -0.25) is 4.79 Å². The molecule has 1 aliphatic rings. The van der Waals surface area contributed by atoms with Gasteiger partial charge in [-0.05, 0) is 50.1 Å². The molecular weight excluding hydrogens is 258 g/mol. The topological polar surface area (TPSA) is 81.1 Å². The van der Waals surface area contributed by atoms with Crippen LogP contribution in [0.2, 0.25) is 0 Å². The van der Waals surface area contributed by atoms with Gasteiger partial charge in [-0.1, -0.05) is 0 Å². The van der Waals surface area contributed by atoms with Crippen LogP contribution in [0, 0.1) is 0 Å². The van der Waals surface area contributed by atoms with Crippen LogP contribution in [0.4, 0.5) is 11.4 Å². The molecule has 0 saturated heterocycles. The molecule has 0 spiro atoms. The number of nitrogens with two attached hydrogens (primary N) is 2. The molecule has 0 aromatic heterocycles. The second-order valence-electron chi connectivity index (χ2n) is 5.03. The van der Waals surface area contributed by atoms with Gasteiger partial charge in [0.15, 0.2) is 0 Å². The highest BCUT2D eigenvalue weighted by Gasteiger charge is 2.22. The highest BCUT2D eigenvalue weighted by molar-refractivity contribution is 7.99. The number of hydrogen-bond donors (Lipinski definition) is 3. The third kappa shape index (κ3) is 3.56. The summed E-state index contributed by atoms with van der Waals surface area (Å²) < 4.78 is 0. The second kappa shape index (κ2) is 6.19. The fourth-order valence-electron chi connectivity index (χ4n) is 2.49. The van der Waals surface area contributed by atoms with Crippen molar-refractivity contribution in [1.29, 1.82) is 0 Å². The smallest absolute Gasteiger partial charge is 0.253 e. The summed E-state index contributed by atoms with van der Waals surface area (Å²) in [5.41, 5.74) is 13.0. The number of benzene rings is 1. The van der Waals surface area contributed by atoms with Crippen molar-refractivity contribution in [2.45, 2.75) is 37.0 Å². The monoisotopic (exact) mass is 279 g/mol. The molecule has 5 heteroatoms. The zero-order valence-corrected chi connectivity index (χ0v) is 12.0. The number of thioether (sulfide) groups is 1. The molecule has 0 bridgehead atoms. The van der Waals surface area contributed by atoms with Gasteiger partial charge in [0.05, 0.1) is 5.56 Å². The Morgan fingerprint density at radius 1 is 1.26 bits per heavy atom. The molecule has 0 radical (unpaired) electrons. The normalized spacial score (nSPS) is 23.0. The van der Waals surface area contributed by atoms with E-state index in [0.717, 1.165) is 18.1 Å². The van der Waals surface area contributed by atoms with Gasteiger partial charge < -0.3 is 16.8 Å². The Hall–Kier alpha value is -1.36. The molecule has 1 saturated carbocycles. The minimum Gasteiger partial charge on any atom is -0.399 e. The molecule has 2 rings (SSSR count). The second-order valence-corrected chi connectivity index (χ2v) is 6.17. The number of carbonyl (C=O) groups excluding carboxylic acids is 1. The van der Waals surface area contributed by atoms with Crippen LogP contribution in [0.25, 0.3) is 0 Å². The number of carbonyl (C=O) groups is 1. The summed E-state index contributed by atoms with van der Waals surface area (Å²) in [5.74, 6) is -0.0925. The lowest BCUT2D eigenvalue weighted by Crippen LogP contribution is -2.38. The molecule has 1 fully saturated rings. The molecule has 104 valence electrons. The van der Waals surface area contributed by atoms with Gasteiger partial charge in [-0.2, -0.15) is 11.8 Å².